The van der Waals surface area contributed by atoms with Gasteiger partial charge in [0.25, 0.3) is 0 Å². The zero-order valence-corrected chi connectivity index (χ0v) is 10.4. The number of Topliss-reactive ketones (excluding diaryl/α,β-unsaturated/α-hetero) is 1. The minimum Gasteiger partial charge on any atom is -0.385 e. The highest BCUT2D eigenvalue weighted by Gasteiger charge is 2.32. The van der Waals surface area contributed by atoms with Crippen molar-refractivity contribution in [3.05, 3.63) is 0 Å². The molecule has 2 nitrogen and oxygen atoms in total. The highest BCUT2D eigenvalue weighted by molar-refractivity contribution is 9.10. The molecular formula is C10H19BrO2. The van der Waals surface area contributed by atoms with Crippen LogP contribution in [0.1, 0.15) is 40.5 Å². The Kier molecular flexibility index (Phi) is 5.15. The fraction of sp³-hybridized carbons (Fsp3) is 0.900. The summed E-state index contributed by atoms with van der Waals surface area (Å²) in [6, 6.07) is 0. The first-order valence-electron chi connectivity index (χ1n) is 4.66. The third-order valence-corrected chi connectivity index (χ3v) is 2.85. The molecule has 3 heteroatoms. The average Bonchev–Trinajstić information content (AvgIpc) is 2.00. The van der Waals surface area contributed by atoms with E-state index in [9.17, 15) is 9.90 Å². The molecule has 0 spiro atoms. The number of halogens is 1. The van der Waals surface area contributed by atoms with Crippen LogP contribution in [0.4, 0.5) is 0 Å². The predicted octanol–water partition coefficient (Wildman–Crippen LogP) is 2.53. The van der Waals surface area contributed by atoms with Crippen molar-refractivity contribution in [1.29, 1.82) is 0 Å². The number of aliphatic hydroxyl groups is 1. The Morgan fingerprint density at radius 1 is 1.46 bits per heavy atom. The molecule has 78 valence electrons. The van der Waals surface area contributed by atoms with Crippen molar-refractivity contribution in [2.24, 2.45) is 5.41 Å². The minimum absolute atomic E-state index is 0.102. The maximum Gasteiger partial charge on any atom is 0.175 e. The van der Waals surface area contributed by atoms with Crippen LogP contribution >= 0.6 is 15.9 Å². The van der Waals surface area contributed by atoms with E-state index in [0.717, 1.165) is 12.8 Å². The zero-order valence-electron chi connectivity index (χ0n) is 8.80. The molecule has 0 fully saturated rings. The van der Waals surface area contributed by atoms with Gasteiger partial charge in [0.1, 0.15) is 6.10 Å². The number of aliphatic hydroxyl groups excluding tert-OH is 1. The van der Waals surface area contributed by atoms with Gasteiger partial charge in [-0.2, -0.15) is 0 Å². The zero-order chi connectivity index (χ0) is 10.6. The van der Waals surface area contributed by atoms with Crippen LogP contribution < -0.4 is 0 Å². The molecule has 0 aliphatic heterocycles. The Bertz CT molecular complexity index is 172. The molecule has 0 aromatic carbocycles. The van der Waals surface area contributed by atoms with Gasteiger partial charge < -0.3 is 5.11 Å². The van der Waals surface area contributed by atoms with Crippen LogP contribution in [0.25, 0.3) is 0 Å². The van der Waals surface area contributed by atoms with Crippen molar-refractivity contribution in [2.75, 3.05) is 0 Å². The monoisotopic (exact) mass is 250 g/mol. The van der Waals surface area contributed by atoms with Crippen LogP contribution in [0.15, 0.2) is 0 Å². The lowest BCUT2D eigenvalue weighted by atomic mass is 9.85. The van der Waals surface area contributed by atoms with Crippen LogP contribution in [-0.4, -0.2) is 21.8 Å². The van der Waals surface area contributed by atoms with Crippen molar-refractivity contribution in [2.45, 2.75) is 51.5 Å². The second-order valence-corrected chi connectivity index (χ2v) is 5.53. The summed E-state index contributed by atoms with van der Waals surface area (Å²) in [4.78, 5) is 11.4. The number of rotatable bonds is 4. The van der Waals surface area contributed by atoms with Gasteiger partial charge in [0.15, 0.2) is 5.78 Å². The summed E-state index contributed by atoms with van der Waals surface area (Å²) in [6.07, 6.45) is 0.855. The van der Waals surface area contributed by atoms with E-state index in [-0.39, 0.29) is 16.0 Å². The minimum atomic E-state index is -0.872. The SMILES string of the molecule is CCCC(Br)C(=O)C(O)C(C)(C)C. The standard InChI is InChI=1S/C10H19BrO2/c1-5-6-7(11)8(12)9(13)10(2,3)4/h7,9,13H,5-6H2,1-4H3. The fourth-order valence-corrected chi connectivity index (χ4v) is 1.70. The highest BCUT2D eigenvalue weighted by Crippen LogP contribution is 2.23. The Hall–Kier alpha value is 0.110. The smallest absolute Gasteiger partial charge is 0.175 e. The molecule has 0 amide bonds. The molecule has 0 saturated heterocycles. The lowest BCUT2D eigenvalue weighted by Gasteiger charge is -2.26. The summed E-state index contributed by atoms with van der Waals surface area (Å²) >= 11 is 3.29. The summed E-state index contributed by atoms with van der Waals surface area (Å²) in [7, 11) is 0. The van der Waals surface area contributed by atoms with E-state index in [1.54, 1.807) is 0 Å². The van der Waals surface area contributed by atoms with Crippen LogP contribution in [0, 0.1) is 5.41 Å². The van der Waals surface area contributed by atoms with Crippen molar-refractivity contribution in [3.8, 4) is 0 Å². The Labute approximate surface area is 88.8 Å². The first-order valence-corrected chi connectivity index (χ1v) is 5.58. The predicted molar refractivity (Wildman–Crippen MR) is 58.1 cm³/mol. The molecule has 0 aromatic heterocycles. The number of carbonyl (C=O) groups excluding carboxylic acids is 1. The van der Waals surface area contributed by atoms with E-state index in [2.05, 4.69) is 15.9 Å². The van der Waals surface area contributed by atoms with Crippen LogP contribution in [0.3, 0.4) is 0 Å². The molecule has 0 aliphatic rings. The first kappa shape index (κ1) is 13.1. The summed E-state index contributed by atoms with van der Waals surface area (Å²) in [5.74, 6) is -0.102. The van der Waals surface area contributed by atoms with Gasteiger partial charge in [-0.25, -0.2) is 0 Å². The number of hydrogen-bond acceptors (Lipinski definition) is 2. The van der Waals surface area contributed by atoms with Crippen LogP contribution in [-0.2, 0) is 4.79 Å². The van der Waals surface area contributed by atoms with E-state index < -0.39 is 6.10 Å². The van der Waals surface area contributed by atoms with Gasteiger partial charge in [-0.3, -0.25) is 4.79 Å². The molecule has 0 aromatic rings. The lowest BCUT2D eigenvalue weighted by molar-refractivity contribution is -0.131. The maximum absolute atomic E-state index is 11.6. The quantitative estimate of drug-likeness (QED) is 0.779. The molecule has 1 N–H and O–H groups in total. The molecule has 2 atom stereocenters. The van der Waals surface area contributed by atoms with Crippen molar-refractivity contribution < 1.29 is 9.90 Å². The third kappa shape index (κ3) is 4.23. The van der Waals surface area contributed by atoms with Gasteiger partial charge in [0.2, 0.25) is 0 Å². The summed E-state index contributed by atoms with van der Waals surface area (Å²) in [5.41, 5.74) is -0.364. The maximum atomic E-state index is 11.6. The normalized spacial score (nSPS) is 16.8. The molecule has 13 heavy (non-hydrogen) atoms. The molecular weight excluding hydrogens is 232 g/mol. The number of carbonyl (C=O) groups is 1. The fourth-order valence-electron chi connectivity index (χ4n) is 0.994. The second-order valence-electron chi connectivity index (χ2n) is 4.43. The molecule has 0 radical (unpaired) electrons. The van der Waals surface area contributed by atoms with Crippen molar-refractivity contribution in [1.82, 2.24) is 0 Å². The van der Waals surface area contributed by atoms with Crippen molar-refractivity contribution in [3.63, 3.8) is 0 Å². The Morgan fingerprint density at radius 2 is 1.92 bits per heavy atom. The van der Waals surface area contributed by atoms with Gasteiger partial charge in [-0.1, -0.05) is 50.0 Å². The van der Waals surface area contributed by atoms with Gasteiger partial charge >= 0.3 is 0 Å². The van der Waals surface area contributed by atoms with E-state index >= 15 is 0 Å². The molecule has 2 unspecified atom stereocenters. The topological polar surface area (TPSA) is 37.3 Å². The molecule has 0 rings (SSSR count). The molecule has 0 bridgehead atoms. The number of alkyl halides is 1. The van der Waals surface area contributed by atoms with Crippen LogP contribution in [0.5, 0.6) is 0 Å². The average molecular weight is 251 g/mol. The van der Waals surface area contributed by atoms with Gasteiger partial charge in [-0.15, -0.1) is 0 Å². The molecule has 0 heterocycles. The lowest BCUT2D eigenvalue weighted by Crippen LogP contribution is -2.38. The summed E-state index contributed by atoms with van der Waals surface area (Å²) in [5, 5.41) is 9.67. The highest BCUT2D eigenvalue weighted by atomic mass is 79.9. The Morgan fingerprint density at radius 3 is 2.23 bits per heavy atom. The van der Waals surface area contributed by atoms with E-state index in [0.29, 0.717) is 0 Å². The first-order chi connectivity index (χ1) is 5.80. The second kappa shape index (κ2) is 5.11. The van der Waals surface area contributed by atoms with Gasteiger partial charge in [0, 0.05) is 0 Å². The van der Waals surface area contributed by atoms with Crippen LogP contribution in [0.2, 0.25) is 0 Å². The molecule has 0 saturated carbocycles. The van der Waals surface area contributed by atoms with Gasteiger partial charge in [0.05, 0.1) is 4.83 Å². The summed E-state index contributed by atoms with van der Waals surface area (Å²) < 4.78 is 0. The Balaban J connectivity index is 4.26. The largest absolute Gasteiger partial charge is 0.385 e. The van der Waals surface area contributed by atoms with Gasteiger partial charge in [-0.05, 0) is 11.8 Å². The van der Waals surface area contributed by atoms with E-state index in [1.807, 2.05) is 27.7 Å². The van der Waals surface area contributed by atoms with Crippen molar-refractivity contribution >= 4 is 21.7 Å². The van der Waals surface area contributed by atoms with E-state index in [1.165, 1.54) is 0 Å². The summed E-state index contributed by atoms with van der Waals surface area (Å²) in [6.45, 7) is 7.61. The van der Waals surface area contributed by atoms with E-state index in [4.69, 9.17) is 0 Å². The number of ketones is 1. The number of hydrogen-bond donors (Lipinski definition) is 1. The third-order valence-electron chi connectivity index (χ3n) is 1.94. The molecule has 0 aliphatic carbocycles.